The van der Waals surface area contributed by atoms with E-state index in [9.17, 15) is 13.9 Å². The van der Waals surface area contributed by atoms with Crippen LogP contribution in [0, 0.1) is 0 Å². The summed E-state index contributed by atoms with van der Waals surface area (Å²) in [6.07, 6.45) is -2.44. The Morgan fingerprint density at radius 3 is 2.72 bits per heavy atom. The van der Waals surface area contributed by atoms with E-state index in [1.54, 1.807) is 19.6 Å². The van der Waals surface area contributed by atoms with Crippen molar-refractivity contribution in [3.8, 4) is 0 Å². The zero-order valence-corrected chi connectivity index (χ0v) is 10.0. The Hall–Kier alpha value is -0.715. The Labute approximate surface area is 105 Å². The lowest BCUT2D eigenvalue weighted by Gasteiger charge is -2.27. The van der Waals surface area contributed by atoms with E-state index in [4.69, 9.17) is 22.1 Å². The second-order valence-electron chi connectivity index (χ2n) is 4.72. The molecule has 2 saturated heterocycles. The fraction of sp³-hybridized carbons (Fsp3) is 0.727. The predicted octanol–water partition coefficient (Wildman–Crippen LogP) is 0.698. The van der Waals surface area contributed by atoms with Crippen molar-refractivity contribution in [1.29, 1.82) is 0 Å². The lowest BCUT2D eigenvalue weighted by Crippen LogP contribution is -2.45. The van der Waals surface area contributed by atoms with Gasteiger partial charge in [-0.05, 0) is 19.9 Å². The van der Waals surface area contributed by atoms with Gasteiger partial charge in [0.15, 0.2) is 5.79 Å². The van der Waals surface area contributed by atoms with Crippen LogP contribution in [0.15, 0.2) is 17.9 Å². The molecule has 2 aliphatic heterocycles. The average Bonchev–Trinajstić information content (AvgIpc) is 2.67. The van der Waals surface area contributed by atoms with Crippen molar-refractivity contribution >= 4 is 7.85 Å². The van der Waals surface area contributed by atoms with Crippen LogP contribution in [0.1, 0.15) is 13.8 Å². The molecule has 2 unspecified atom stereocenters. The summed E-state index contributed by atoms with van der Waals surface area (Å²) in [6, 6.07) is -1.01. The summed E-state index contributed by atoms with van der Waals surface area (Å²) in [6.45, 7) is 2.93. The van der Waals surface area contributed by atoms with Gasteiger partial charge in [0.05, 0.1) is 12.6 Å². The molecule has 4 atom stereocenters. The maximum absolute atomic E-state index is 12.2. The Morgan fingerprint density at radius 1 is 1.50 bits per heavy atom. The van der Waals surface area contributed by atoms with Crippen LogP contribution in [0.4, 0.5) is 8.78 Å². The molecule has 0 aromatic rings. The quantitative estimate of drug-likeness (QED) is 0.585. The number of rotatable bonds is 2. The first-order valence-electron chi connectivity index (χ1n) is 5.49. The largest absolute Gasteiger partial charge is 0.394 e. The zero-order valence-electron chi connectivity index (χ0n) is 10.0. The smallest absolute Gasteiger partial charge is 0.312 e. The van der Waals surface area contributed by atoms with Gasteiger partial charge in [-0.1, -0.05) is 5.73 Å². The van der Waals surface area contributed by atoms with Gasteiger partial charge < -0.3 is 19.3 Å². The highest BCUT2D eigenvalue weighted by molar-refractivity contribution is 6.12. The molecule has 0 amide bonds. The molecule has 0 aromatic heterocycles. The standard InChI is InChI=1S/C11H13BF2O4/c1-10(2)17-8-6(5-15)16-9(12)11(8,18-10)4-3-7(13)14/h4,6,8-9,15H,5H2,1-2H3/t6-,8?,9-,11?/m1/s1. The molecular weight excluding hydrogens is 245 g/mol. The number of fused-ring (bicyclic) bond motifs is 1. The molecule has 4 nitrogen and oxygen atoms in total. The SMILES string of the molecule is [B][C@@H]1O[C@H](CO)C2OC(C)(C)OC21C=C=C(F)F. The lowest BCUT2D eigenvalue weighted by molar-refractivity contribution is -0.191. The Kier molecular flexibility index (Phi) is 3.38. The number of halogens is 2. The monoisotopic (exact) mass is 258 g/mol. The molecular formula is C11H13BF2O4. The highest BCUT2D eigenvalue weighted by atomic mass is 19.3. The molecule has 2 rings (SSSR count). The third-order valence-electron chi connectivity index (χ3n) is 2.97. The van der Waals surface area contributed by atoms with Crippen LogP contribution in [0.2, 0.25) is 0 Å². The van der Waals surface area contributed by atoms with Crippen molar-refractivity contribution < 1.29 is 28.1 Å². The fourth-order valence-electron chi connectivity index (χ4n) is 2.36. The van der Waals surface area contributed by atoms with E-state index in [-0.39, 0.29) is 6.61 Å². The summed E-state index contributed by atoms with van der Waals surface area (Å²) in [4.78, 5) is 0. The van der Waals surface area contributed by atoms with Crippen LogP contribution in [0.25, 0.3) is 0 Å². The molecule has 0 saturated carbocycles. The molecule has 98 valence electrons. The van der Waals surface area contributed by atoms with Crippen LogP contribution in [-0.4, -0.2) is 49.2 Å². The first-order chi connectivity index (χ1) is 8.31. The van der Waals surface area contributed by atoms with Crippen molar-refractivity contribution in [3.05, 3.63) is 17.9 Å². The molecule has 1 N–H and O–H groups in total. The van der Waals surface area contributed by atoms with Crippen LogP contribution in [0.5, 0.6) is 0 Å². The number of hydrogen-bond donors (Lipinski definition) is 1. The minimum Gasteiger partial charge on any atom is -0.394 e. The highest BCUT2D eigenvalue weighted by Gasteiger charge is 2.62. The lowest BCUT2D eigenvalue weighted by atomic mass is 9.80. The van der Waals surface area contributed by atoms with Crippen LogP contribution in [-0.2, 0) is 14.2 Å². The molecule has 0 spiro atoms. The van der Waals surface area contributed by atoms with Gasteiger partial charge in [0.1, 0.15) is 25.7 Å². The number of aliphatic hydroxyl groups is 1. The summed E-state index contributed by atoms with van der Waals surface area (Å²) in [7, 11) is 5.76. The summed E-state index contributed by atoms with van der Waals surface area (Å²) < 4.78 is 40.8. The van der Waals surface area contributed by atoms with Crippen molar-refractivity contribution in [1.82, 2.24) is 0 Å². The van der Waals surface area contributed by atoms with E-state index in [1.165, 1.54) is 0 Å². The minimum atomic E-state index is -1.99. The van der Waals surface area contributed by atoms with Gasteiger partial charge in [0.2, 0.25) is 0 Å². The van der Waals surface area contributed by atoms with E-state index in [2.05, 4.69) is 0 Å². The van der Waals surface area contributed by atoms with Gasteiger partial charge in [0, 0.05) is 0 Å². The number of aliphatic hydroxyl groups excluding tert-OH is 1. The first-order valence-corrected chi connectivity index (χ1v) is 5.49. The van der Waals surface area contributed by atoms with E-state index in [1.807, 2.05) is 0 Å². The van der Waals surface area contributed by atoms with E-state index < -0.39 is 35.7 Å². The molecule has 2 heterocycles. The average molecular weight is 258 g/mol. The van der Waals surface area contributed by atoms with Crippen molar-refractivity contribution in [2.24, 2.45) is 0 Å². The van der Waals surface area contributed by atoms with Crippen LogP contribution in [0.3, 0.4) is 0 Å². The predicted molar refractivity (Wildman–Crippen MR) is 58.1 cm³/mol. The van der Waals surface area contributed by atoms with Crippen LogP contribution >= 0.6 is 0 Å². The second kappa shape index (κ2) is 4.44. The molecule has 2 radical (unpaired) electrons. The second-order valence-corrected chi connectivity index (χ2v) is 4.72. The minimum absolute atomic E-state index is 0.338. The van der Waals surface area contributed by atoms with E-state index >= 15 is 0 Å². The maximum atomic E-state index is 12.2. The molecule has 7 heteroatoms. The Bertz CT molecular complexity index is 404. The van der Waals surface area contributed by atoms with Gasteiger partial charge in [0.25, 0.3) is 0 Å². The first kappa shape index (κ1) is 13.7. The number of ether oxygens (including phenoxy) is 3. The Balaban J connectivity index is 2.42. The van der Waals surface area contributed by atoms with E-state index in [0.29, 0.717) is 0 Å². The summed E-state index contributed by atoms with van der Waals surface area (Å²) in [5.74, 6) is -0.996. The molecule has 0 bridgehead atoms. The highest BCUT2D eigenvalue weighted by Crippen LogP contribution is 2.46. The summed E-state index contributed by atoms with van der Waals surface area (Å²) in [5, 5.41) is 9.19. The maximum Gasteiger partial charge on any atom is 0.312 e. The molecule has 18 heavy (non-hydrogen) atoms. The van der Waals surface area contributed by atoms with Gasteiger partial charge in [-0.3, -0.25) is 0 Å². The van der Waals surface area contributed by atoms with Gasteiger partial charge in [-0.2, -0.15) is 8.78 Å². The molecule has 2 fully saturated rings. The summed E-state index contributed by atoms with van der Waals surface area (Å²) >= 11 is 0. The van der Waals surface area contributed by atoms with Crippen molar-refractivity contribution in [2.75, 3.05) is 6.61 Å². The van der Waals surface area contributed by atoms with Crippen molar-refractivity contribution in [2.45, 2.75) is 43.4 Å². The topological polar surface area (TPSA) is 47.9 Å². The normalized spacial score (nSPS) is 41.3. The third-order valence-corrected chi connectivity index (χ3v) is 2.97. The zero-order chi connectivity index (χ0) is 13.6. The van der Waals surface area contributed by atoms with Gasteiger partial charge in [-0.25, -0.2) is 0 Å². The molecule has 0 aromatic carbocycles. The van der Waals surface area contributed by atoms with Crippen molar-refractivity contribution in [3.63, 3.8) is 0 Å². The summed E-state index contributed by atoms with van der Waals surface area (Å²) in [5.41, 5.74) is 0.413. The third kappa shape index (κ3) is 2.13. The Morgan fingerprint density at radius 2 is 2.17 bits per heavy atom. The molecule has 2 aliphatic rings. The van der Waals surface area contributed by atoms with Gasteiger partial charge >= 0.3 is 6.08 Å². The molecule has 0 aliphatic carbocycles. The fourth-order valence-corrected chi connectivity index (χ4v) is 2.36. The van der Waals surface area contributed by atoms with E-state index in [0.717, 1.165) is 6.08 Å². The van der Waals surface area contributed by atoms with Gasteiger partial charge in [-0.15, -0.1) is 0 Å². The van der Waals surface area contributed by atoms with Crippen LogP contribution < -0.4 is 0 Å². The number of hydrogen-bond acceptors (Lipinski definition) is 4.